The molecule has 1 aromatic rings. The summed E-state index contributed by atoms with van der Waals surface area (Å²) < 4.78 is 26.4. The predicted molar refractivity (Wildman–Crippen MR) is 72.1 cm³/mol. The Hall–Kier alpha value is -0.430. The maximum atomic E-state index is 12.5. The summed E-state index contributed by atoms with van der Waals surface area (Å²) in [5.74, 6) is 0.501. The molecule has 1 heterocycles. The van der Waals surface area contributed by atoms with E-state index in [1.165, 1.54) is 22.1 Å². The number of aliphatic hydroxyl groups is 1. The molecule has 6 heteroatoms. The van der Waals surface area contributed by atoms with Crippen LogP contribution >= 0.6 is 11.3 Å². The van der Waals surface area contributed by atoms with Crippen molar-refractivity contribution < 1.29 is 13.5 Å². The second-order valence-electron chi connectivity index (χ2n) is 4.91. The van der Waals surface area contributed by atoms with Gasteiger partial charge in [-0.3, -0.25) is 0 Å². The highest BCUT2D eigenvalue weighted by atomic mass is 32.2. The molecule has 0 spiro atoms. The largest absolute Gasteiger partial charge is 0.391 e. The Kier molecular flexibility index (Phi) is 4.11. The van der Waals surface area contributed by atoms with Crippen molar-refractivity contribution in [2.75, 3.05) is 13.6 Å². The van der Waals surface area contributed by atoms with Gasteiger partial charge in [0.2, 0.25) is 10.0 Å². The summed E-state index contributed by atoms with van der Waals surface area (Å²) in [5.41, 5.74) is 0.726. The van der Waals surface area contributed by atoms with Gasteiger partial charge in [0.1, 0.15) is 4.90 Å². The van der Waals surface area contributed by atoms with E-state index in [9.17, 15) is 13.5 Å². The van der Waals surface area contributed by atoms with Crippen LogP contribution in [0.5, 0.6) is 0 Å². The van der Waals surface area contributed by atoms with Crippen molar-refractivity contribution in [2.24, 2.45) is 5.92 Å². The Bertz CT molecular complexity index is 517. The molecule has 0 bridgehead atoms. The SMILES string of the molecule is Cc1csc(CO)c1S(=O)(=O)N(C)CC1CCC1. The Balaban J connectivity index is 2.25. The summed E-state index contributed by atoms with van der Waals surface area (Å²) in [7, 11) is -1.83. The lowest BCUT2D eigenvalue weighted by Gasteiger charge is -2.29. The molecule has 18 heavy (non-hydrogen) atoms. The number of aryl methyl sites for hydroxylation is 1. The van der Waals surface area contributed by atoms with E-state index in [2.05, 4.69) is 0 Å². The molecule has 4 nitrogen and oxygen atoms in total. The minimum absolute atomic E-state index is 0.218. The Morgan fingerprint density at radius 3 is 2.67 bits per heavy atom. The molecule has 1 fully saturated rings. The number of thiophene rings is 1. The van der Waals surface area contributed by atoms with Crippen molar-refractivity contribution in [3.05, 3.63) is 15.8 Å². The molecule has 1 aliphatic rings. The standard InChI is InChI=1S/C12H19NO3S2/c1-9-8-17-11(7-14)12(9)18(15,16)13(2)6-10-4-3-5-10/h8,10,14H,3-7H2,1-2H3. The van der Waals surface area contributed by atoms with E-state index in [0.29, 0.717) is 22.2 Å². The molecule has 0 unspecified atom stereocenters. The minimum Gasteiger partial charge on any atom is -0.391 e. The summed E-state index contributed by atoms with van der Waals surface area (Å²) in [4.78, 5) is 0.838. The van der Waals surface area contributed by atoms with E-state index < -0.39 is 10.0 Å². The highest BCUT2D eigenvalue weighted by Crippen LogP contribution is 2.32. The van der Waals surface area contributed by atoms with Gasteiger partial charge in [0.25, 0.3) is 0 Å². The van der Waals surface area contributed by atoms with Gasteiger partial charge in [-0.15, -0.1) is 11.3 Å². The second-order valence-corrected chi connectivity index (χ2v) is 7.86. The van der Waals surface area contributed by atoms with E-state index in [4.69, 9.17) is 0 Å². The van der Waals surface area contributed by atoms with Crippen LogP contribution in [-0.2, 0) is 16.6 Å². The van der Waals surface area contributed by atoms with Crippen LogP contribution in [0.2, 0.25) is 0 Å². The van der Waals surface area contributed by atoms with Gasteiger partial charge >= 0.3 is 0 Å². The van der Waals surface area contributed by atoms with Crippen LogP contribution < -0.4 is 0 Å². The van der Waals surface area contributed by atoms with Gasteiger partial charge in [-0.05, 0) is 36.6 Å². The first-order valence-electron chi connectivity index (χ1n) is 6.11. The van der Waals surface area contributed by atoms with Gasteiger partial charge in [0.15, 0.2) is 0 Å². The molecule has 1 aliphatic carbocycles. The number of hydrogen-bond donors (Lipinski definition) is 1. The lowest BCUT2D eigenvalue weighted by molar-refractivity contribution is 0.261. The smallest absolute Gasteiger partial charge is 0.244 e. The van der Waals surface area contributed by atoms with Crippen LogP contribution in [0.1, 0.15) is 29.7 Å². The first-order chi connectivity index (χ1) is 8.46. The summed E-state index contributed by atoms with van der Waals surface area (Å²) in [6.07, 6.45) is 3.45. The summed E-state index contributed by atoms with van der Waals surface area (Å²) >= 11 is 1.30. The van der Waals surface area contributed by atoms with Crippen molar-refractivity contribution in [1.82, 2.24) is 4.31 Å². The number of rotatable bonds is 5. The molecule has 0 atom stereocenters. The minimum atomic E-state index is -3.46. The van der Waals surface area contributed by atoms with Gasteiger partial charge in [0.05, 0.1) is 11.5 Å². The van der Waals surface area contributed by atoms with Crippen LogP contribution in [0.15, 0.2) is 10.3 Å². The van der Waals surface area contributed by atoms with Crippen LogP contribution in [0, 0.1) is 12.8 Å². The number of hydrogen-bond acceptors (Lipinski definition) is 4. The fourth-order valence-corrected chi connectivity index (χ4v) is 5.09. The predicted octanol–water partition coefficient (Wildman–Crippen LogP) is 1.97. The van der Waals surface area contributed by atoms with Gasteiger partial charge in [-0.2, -0.15) is 0 Å². The molecule has 1 N–H and O–H groups in total. The van der Waals surface area contributed by atoms with Crippen molar-refractivity contribution >= 4 is 21.4 Å². The molecular weight excluding hydrogens is 270 g/mol. The molecule has 1 saturated carbocycles. The summed E-state index contributed by atoms with van der Waals surface area (Å²) in [5, 5.41) is 11.0. The molecular formula is C12H19NO3S2. The third-order valence-electron chi connectivity index (χ3n) is 3.54. The van der Waals surface area contributed by atoms with Gasteiger partial charge in [-0.1, -0.05) is 6.42 Å². The van der Waals surface area contributed by atoms with Crippen LogP contribution in [0.25, 0.3) is 0 Å². The third-order valence-corrected chi connectivity index (χ3v) is 6.81. The molecule has 0 amide bonds. The van der Waals surface area contributed by atoms with E-state index in [1.54, 1.807) is 19.4 Å². The Morgan fingerprint density at radius 1 is 1.50 bits per heavy atom. The summed E-state index contributed by atoms with van der Waals surface area (Å²) in [6.45, 7) is 2.15. The molecule has 102 valence electrons. The fourth-order valence-electron chi connectivity index (χ4n) is 2.24. The zero-order valence-corrected chi connectivity index (χ0v) is 12.4. The van der Waals surface area contributed by atoms with Crippen LogP contribution in [0.3, 0.4) is 0 Å². The lowest BCUT2D eigenvalue weighted by atomic mass is 9.86. The Labute approximate surface area is 112 Å². The Morgan fingerprint density at radius 2 is 2.17 bits per heavy atom. The van der Waals surface area contributed by atoms with Crippen molar-refractivity contribution in [3.63, 3.8) is 0 Å². The normalized spacial score (nSPS) is 17.1. The highest BCUT2D eigenvalue weighted by Gasteiger charge is 2.30. The van der Waals surface area contributed by atoms with Crippen LogP contribution in [0.4, 0.5) is 0 Å². The van der Waals surface area contributed by atoms with E-state index in [0.717, 1.165) is 18.4 Å². The van der Waals surface area contributed by atoms with E-state index in [1.807, 2.05) is 0 Å². The molecule has 2 rings (SSSR count). The average molecular weight is 289 g/mol. The number of nitrogens with zero attached hydrogens (tertiary/aromatic N) is 1. The van der Waals surface area contributed by atoms with Gasteiger partial charge in [0, 0.05) is 13.6 Å². The number of aliphatic hydroxyl groups excluding tert-OH is 1. The van der Waals surface area contributed by atoms with Gasteiger partial charge < -0.3 is 5.11 Å². The second kappa shape index (κ2) is 5.28. The quantitative estimate of drug-likeness (QED) is 0.901. The first kappa shape index (κ1) is 14.0. The molecule has 0 aromatic carbocycles. The molecule has 0 saturated heterocycles. The highest BCUT2D eigenvalue weighted by molar-refractivity contribution is 7.89. The molecule has 0 radical (unpaired) electrons. The zero-order chi connectivity index (χ0) is 13.3. The average Bonchev–Trinajstić information content (AvgIpc) is 2.64. The monoisotopic (exact) mass is 289 g/mol. The fraction of sp³-hybridized carbons (Fsp3) is 0.667. The van der Waals surface area contributed by atoms with E-state index >= 15 is 0 Å². The van der Waals surface area contributed by atoms with Crippen molar-refractivity contribution in [1.29, 1.82) is 0 Å². The van der Waals surface area contributed by atoms with Gasteiger partial charge in [-0.25, -0.2) is 12.7 Å². The lowest BCUT2D eigenvalue weighted by Crippen LogP contribution is -2.34. The number of sulfonamides is 1. The van der Waals surface area contributed by atoms with Crippen LogP contribution in [-0.4, -0.2) is 31.4 Å². The maximum Gasteiger partial charge on any atom is 0.244 e. The molecule has 0 aliphatic heterocycles. The summed E-state index contributed by atoms with van der Waals surface area (Å²) in [6, 6.07) is 0. The first-order valence-corrected chi connectivity index (χ1v) is 8.43. The van der Waals surface area contributed by atoms with Crippen molar-refractivity contribution in [3.8, 4) is 0 Å². The third kappa shape index (κ3) is 2.47. The zero-order valence-electron chi connectivity index (χ0n) is 10.7. The topological polar surface area (TPSA) is 57.6 Å². The van der Waals surface area contributed by atoms with Crippen molar-refractivity contribution in [2.45, 2.75) is 37.7 Å². The maximum absolute atomic E-state index is 12.5. The van der Waals surface area contributed by atoms with E-state index in [-0.39, 0.29) is 6.61 Å². The molecule has 1 aromatic heterocycles.